The molecule has 2 aromatic carbocycles. The van der Waals surface area contributed by atoms with E-state index in [-0.39, 0.29) is 12.7 Å². The van der Waals surface area contributed by atoms with Gasteiger partial charge >= 0.3 is 0 Å². The Morgan fingerprint density at radius 3 is 2.61 bits per heavy atom. The number of benzene rings is 2. The van der Waals surface area contributed by atoms with Gasteiger partial charge in [0.25, 0.3) is 0 Å². The van der Waals surface area contributed by atoms with Gasteiger partial charge in [-0.15, -0.1) is 0 Å². The lowest BCUT2D eigenvalue weighted by atomic mass is 9.89. The van der Waals surface area contributed by atoms with E-state index >= 15 is 0 Å². The second kappa shape index (κ2) is 9.33. The third-order valence-corrected chi connectivity index (χ3v) is 5.16. The Bertz CT molecular complexity index is 966. The summed E-state index contributed by atoms with van der Waals surface area (Å²) in [5.41, 5.74) is 5.83. The number of hydrogen-bond acceptors (Lipinski definition) is 3. The van der Waals surface area contributed by atoms with E-state index in [9.17, 15) is 5.11 Å². The van der Waals surface area contributed by atoms with Crippen molar-refractivity contribution in [2.75, 3.05) is 13.2 Å². The number of aryl methyl sites for hydroxylation is 1. The van der Waals surface area contributed by atoms with E-state index in [1.807, 2.05) is 37.3 Å². The number of aliphatic hydroxyl groups is 1. The molecule has 3 rings (SSSR count). The minimum absolute atomic E-state index is 0.0746. The molecule has 1 N–H and O–H groups in total. The third kappa shape index (κ3) is 4.27. The van der Waals surface area contributed by atoms with Crippen molar-refractivity contribution < 1.29 is 9.84 Å². The fourth-order valence-corrected chi connectivity index (χ4v) is 3.62. The number of aliphatic hydroxyl groups excluding tert-OH is 1. The molecule has 0 aliphatic carbocycles. The molecule has 1 unspecified atom stereocenters. The fraction of sp³-hybridized carbons (Fsp3) is 0.292. The predicted octanol–water partition coefficient (Wildman–Crippen LogP) is 6.36. The first kappa shape index (κ1) is 20.5. The lowest BCUT2D eigenvalue weighted by molar-refractivity contribution is 0.0105. The first-order valence-electron chi connectivity index (χ1n) is 9.64. The quantitative estimate of drug-likeness (QED) is 0.451. The van der Waals surface area contributed by atoms with Crippen LogP contribution in [0.1, 0.15) is 42.7 Å². The Kier molecular flexibility index (Phi) is 6.84. The molecular weight excluding hydrogens is 370 g/mol. The molecule has 1 atom stereocenters. The Hall–Kier alpha value is -2.20. The molecular formula is C24H26ClNO2. The van der Waals surface area contributed by atoms with Gasteiger partial charge in [-0.2, -0.15) is 0 Å². The maximum atomic E-state index is 10.1. The number of unbranched alkanes of at least 4 members (excludes halogenated alkanes) is 1. The summed E-state index contributed by atoms with van der Waals surface area (Å²) in [6.45, 7) is 8.53. The van der Waals surface area contributed by atoms with Crippen LogP contribution in [0.15, 0.2) is 49.0 Å². The molecule has 28 heavy (non-hydrogen) atoms. The monoisotopic (exact) mass is 395 g/mol. The molecule has 0 radical (unpaired) electrons. The van der Waals surface area contributed by atoms with Crippen LogP contribution in [0.25, 0.3) is 28.1 Å². The van der Waals surface area contributed by atoms with Gasteiger partial charge in [-0.25, -0.2) is 4.98 Å². The summed E-state index contributed by atoms with van der Waals surface area (Å²) < 4.78 is 6.07. The van der Waals surface area contributed by atoms with E-state index in [0.717, 1.165) is 51.7 Å². The van der Waals surface area contributed by atoms with Crippen LogP contribution in [-0.2, 0) is 4.74 Å². The molecule has 0 aliphatic rings. The van der Waals surface area contributed by atoms with Gasteiger partial charge in [-0.1, -0.05) is 49.7 Å². The average Bonchev–Trinajstić information content (AvgIpc) is 2.71. The predicted molar refractivity (Wildman–Crippen MR) is 118 cm³/mol. The Morgan fingerprint density at radius 1 is 1.21 bits per heavy atom. The van der Waals surface area contributed by atoms with E-state index in [1.165, 1.54) is 0 Å². The molecule has 1 heterocycles. The maximum absolute atomic E-state index is 10.1. The van der Waals surface area contributed by atoms with E-state index in [2.05, 4.69) is 25.6 Å². The van der Waals surface area contributed by atoms with Gasteiger partial charge in [0.2, 0.25) is 0 Å². The summed E-state index contributed by atoms with van der Waals surface area (Å²) in [5, 5.41) is 11.8. The molecule has 0 amide bonds. The number of aromatic nitrogens is 1. The van der Waals surface area contributed by atoms with Crippen molar-refractivity contribution in [3.8, 4) is 11.1 Å². The van der Waals surface area contributed by atoms with Crippen molar-refractivity contribution in [3.05, 3.63) is 70.9 Å². The molecule has 146 valence electrons. The van der Waals surface area contributed by atoms with Gasteiger partial charge in [0.1, 0.15) is 6.10 Å². The highest BCUT2D eigenvalue weighted by Crippen LogP contribution is 2.39. The molecule has 0 fully saturated rings. The number of halogens is 1. The average molecular weight is 396 g/mol. The lowest BCUT2D eigenvalue weighted by Crippen LogP contribution is -2.13. The SMILES string of the molecule is C=Cc1ccc2c(-c3ccc(Cl)cc3)c(C(CO)OCCCC)c(C)cc2n1. The van der Waals surface area contributed by atoms with Gasteiger partial charge in [0, 0.05) is 17.0 Å². The van der Waals surface area contributed by atoms with Crippen LogP contribution >= 0.6 is 11.6 Å². The van der Waals surface area contributed by atoms with Crippen molar-refractivity contribution in [2.45, 2.75) is 32.8 Å². The first-order valence-corrected chi connectivity index (χ1v) is 10.0. The first-order chi connectivity index (χ1) is 13.6. The zero-order chi connectivity index (χ0) is 20.1. The topological polar surface area (TPSA) is 42.4 Å². The van der Waals surface area contributed by atoms with Gasteiger partial charge in [-0.05, 0) is 65.9 Å². The second-order valence-corrected chi connectivity index (χ2v) is 7.33. The fourth-order valence-electron chi connectivity index (χ4n) is 3.49. The van der Waals surface area contributed by atoms with E-state index in [4.69, 9.17) is 21.3 Å². The molecule has 0 saturated carbocycles. The van der Waals surface area contributed by atoms with Crippen LogP contribution in [0.2, 0.25) is 5.02 Å². The molecule has 0 bridgehead atoms. The zero-order valence-electron chi connectivity index (χ0n) is 16.4. The van der Waals surface area contributed by atoms with E-state index in [0.29, 0.717) is 11.6 Å². The van der Waals surface area contributed by atoms with Crippen molar-refractivity contribution in [1.82, 2.24) is 4.98 Å². The van der Waals surface area contributed by atoms with Crippen LogP contribution < -0.4 is 0 Å². The van der Waals surface area contributed by atoms with Crippen LogP contribution in [0.3, 0.4) is 0 Å². The van der Waals surface area contributed by atoms with Crippen molar-refractivity contribution in [2.24, 2.45) is 0 Å². The summed E-state index contributed by atoms with van der Waals surface area (Å²) in [4.78, 5) is 4.71. The Morgan fingerprint density at radius 2 is 1.96 bits per heavy atom. The standard InChI is InChI=1S/C24H26ClNO2/c1-4-6-13-28-22(15-27)23-16(3)14-21-20(12-11-19(5-2)26-21)24(23)17-7-9-18(25)10-8-17/h5,7-12,14,22,27H,2,4,6,13,15H2,1,3H3. The normalized spacial score (nSPS) is 12.3. The highest BCUT2D eigenvalue weighted by molar-refractivity contribution is 6.30. The molecule has 0 saturated heterocycles. The number of nitrogens with zero attached hydrogens (tertiary/aromatic N) is 1. The highest BCUT2D eigenvalue weighted by Gasteiger charge is 2.22. The number of pyridine rings is 1. The van der Waals surface area contributed by atoms with Crippen LogP contribution in [0.5, 0.6) is 0 Å². The summed E-state index contributed by atoms with van der Waals surface area (Å²) in [7, 11) is 0. The molecule has 0 aliphatic heterocycles. The smallest absolute Gasteiger partial charge is 0.106 e. The minimum atomic E-state index is -0.388. The number of fused-ring (bicyclic) bond motifs is 1. The molecule has 1 aromatic heterocycles. The minimum Gasteiger partial charge on any atom is -0.393 e. The van der Waals surface area contributed by atoms with Crippen LogP contribution in [-0.4, -0.2) is 23.3 Å². The van der Waals surface area contributed by atoms with Crippen molar-refractivity contribution >= 4 is 28.6 Å². The molecule has 4 heteroatoms. The van der Waals surface area contributed by atoms with Gasteiger partial charge < -0.3 is 9.84 Å². The number of hydrogen-bond donors (Lipinski definition) is 1. The summed E-state index contributed by atoms with van der Waals surface area (Å²) >= 11 is 6.11. The lowest BCUT2D eigenvalue weighted by Gasteiger charge is -2.23. The zero-order valence-corrected chi connectivity index (χ0v) is 17.2. The third-order valence-electron chi connectivity index (χ3n) is 4.91. The van der Waals surface area contributed by atoms with Crippen molar-refractivity contribution in [1.29, 1.82) is 0 Å². The van der Waals surface area contributed by atoms with E-state index in [1.54, 1.807) is 6.08 Å². The van der Waals surface area contributed by atoms with Gasteiger partial charge in [0.15, 0.2) is 0 Å². The number of ether oxygens (including phenoxy) is 1. The van der Waals surface area contributed by atoms with Gasteiger partial charge in [0.05, 0.1) is 17.8 Å². The van der Waals surface area contributed by atoms with Crippen LogP contribution in [0, 0.1) is 6.92 Å². The van der Waals surface area contributed by atoms with E-state index < -0.39 is 0 Å². The van der Waals surface area contributed by atoms with Gasteiger partial charge in [-0.3, -0.25) is 0 Å². The Labute approximate surface area is 171 Å². The Balaban J connectivity index is 2.25. The molecule has 0 spiro atoms. The van der Waals surface area contributed by atoms with Crippen molar-refractivity contribution in [3.63, 3.8) is 0 Å². The number of rotatable bonds is 8. The largest absolute Gasteiger partial charge is 0.393 e. The summed E-state index contributed by atoms with van der Waals surface area (Å²) in [5.74, 6) is 0. The molecule has 3 nitrogen and oxygen atoms in total. The molecule has 3 aromatic rings. The second-order valence-electron chi connectivity index (χ2n) is 6.89. The van der Waals surface area contributed by atoms with Crippen LogP contribution in [0.4, 0.5) is 0 Å². The summed E-state index contributed by atoms with van der Waals surface area (Å²) in [6.07, 6.45) is 3.37. The highest BCUT2D eigenvalue weighted by atomic mass is 35.5. The summed E-state index contributed by atoms with van der Waals surface area (Å²) in [6, 6.07) is 13.8. The maximum Gasteiger partial charge on any atom is 0.106 e.